The highest BCUT2D eigenvalue weighted by molar-refractivity contribution is 5.85. The summed E-state index contributed by atoms with van der Waals surface area (Å²) in [6.07, 6.45) is 3.79. The Hall–Kier alpha value is -1.84. The molecule has 2 bridgehead atoms. The SMILES string of the molecule is O=C([O-])[C@@H]1C2CCC(CC2)[C@H]1C(=O)NCc1ccccc1. The average molecular weight is 286 g/mol. The van der Waals surface area contributed by atoms with Crippen molar-refractivity contribution in [3.8, 4) is 0 Å². The Labute approximate surface area is 124 Å². The Morgan fingerprint density at radius 3 is 2.14 bits per heavy atom. The summed E-state index contributed by atoms with van der Waals surface area (Å²) in [5, 5.41) is 14.4. The third kappa shape index (κ3) is 2.80. The van der Waals surface area contributed by atoms with Gasteiger partial charge in [0, 0.05) is 24.3 Å². The lowest BCUT2D eigenvalue weighted by molar-refractivity contribution is -0.318. The van der Waals surface area contributed by atoms with E-state index in [1.807, 2.05) is 30.3 Å². The molecule has 21 heavy (non-hydrogen) atoms. The monoisotopic (exact) mass is 286 g/mol. The van der Waals surface area contributed by atoms with E-state index in [0.717, 1.165) is 31.2 Å². The molecule has 0 aliphatic heterocycles. The van der Waals surface area contributed by atoms with Crippen molar-refractivity contribution in [2.75, 3.05) is 0 Å². The van der Waals surface area contributed by atoms with Crippen LogP contribution in [0.2, 0.25) is 0 Å². The molecule has 0 heterocycles. The molecule has 3 fully saturated rings. The summed E-state index contributed by atoms with van der Waals surface area (Å²) < 4.78 is 0. The molecule has 3 aliphatic rings. The van der Waals surface area contributed by atoms with E-state index >= 15 is 0 Å². The second-order valence-corrected chi connectivity index (χ2v) is 6.25. The minimum Gasteiger partial charge on any atom is -0.550 e. The molecule has 1 N–H and O–H groups in total. The van der Waals surface area contributed by atoms with Gasteiger partial charge in [0.15, 0.2) is 0 Å². The van der Waals surface area contributed by atoms with Crippen molar-refractivity contribution in [1.82, 2.24) is 5.32 Å². The molecule has 3 aliphatic carbocycles. The maximum absolute atomic E-state index is 12.5. The number of carboxylic acids is 1. The minimum absolute atomic E-state index is 0.118. The van der Waals surface area contributed by atoms with Crippen LogP contribution in [0, 0.1) is 23.7 Å². The Morgan fingerprint density at radius 1 is 1.00 bits per heavy atom. The zero-order valence-electron chi connectivity index (χ0n) is 12.0. The van der Waals surface area contributed by atoms with Gasteiger partial charge < -0.3 is 15.2 Å². The van der Waals surface area contributed by atoms with Crippen LogP contribution in [0.4, 0.5) is 0 Å². The lowest BCUT2D eigenvalue weighted by Crippen LogP contribution is -2.54. The van der Waals surface area contributed by atoms with Gasteiger partial charge in [0.05, 0.1) is 0 Å². The molecule has 4 rings (SSSR count). The second-order valence-electron chi connectivity index (χ2n) is 6.25. The fraction of sp³-hybridized carbons (Fsp3) is 0.529. The van der Waals surface area contributed by atoms with Crippen LogP contribution in [0.15, 0.2) is 30.3 Å². The largest absolute Gasteiger partial charge is 0.550 e. The lowest BCUT2D eigenvalue weighted by atomic mass is 9.58. The van der Waals surface area contributed by atoms with Crippen LogP contribution in [0.5, 0.6) is 0 Å². The predicted octanol–water partition coefficient (Wildman–Crippen LogP) is 1.11. The number of carbonyl (C=O) groups excluding carboxylic acids is 2. The van der Waals surface area contributed by atoms with E-state index in [1.54, 1.807) is 0 Å². The van der Waals surface area contributed by atoms with Crippen molar-refractivity contribution in [2.45, 2.75) is 32.2 Å². The Bertz CT molecular complexity index is 520. The van der Waals surface area contributed by atoms with Crippen molar-refractivity contribution < 1.29 is 14.7 Å². The molecule has 3 saturated carbocycles. The number of hydrogen-bond donors (Lipinski definition) is 1. The van der Waals surface area contributed by atoms with Gasteiger partial charge in [-0.1, -0.05) is 30.3 Å². The van der Waals surface area contributed by atoms with Crippen molar-refractivity contribution in [1.29, 1.82) is 0 Å². The van der Waals surface area contributed by atoms with E-state index in [-0.39, 0.29) is 17.7 Å². The van der Waals surface area contributed by atoms with Gasteiger partial charge in [0.1, 0.15) is 0 Å². The number of carboxylic acid groups (broad SMARTS) is 1. The van der Waals surface area contributed by atoms with Crippen LogP contribution in [-0.2, 0) is 16.1 Å². The molecule has 4 nitrogen and oxygen atoms in total. The number of fused-ring (bicyclic) bond motifs is 3. The smallest absolute Gasteiger partial charge is 0.224 e. The molecular formula is C17H20NO3-. The highest BCUT2D eigenvalue weighted by Crippen LogP contribution is 2.48. The molecule has 1 aromatic rings. The summed E-state index contributed by atoms with van der Waals surface area (Å²) in [5.74, 6) is -1.87. The summed E-state index contributed by atoms with van der Waals surface area (Å²) >= 11 is 0. The molecule has 0 unspecified atom stereocenters. The maximum atomic E-state index is 12.5. The maximum Gasteiger partial charge on any atom is 0.224 e. The first-order valence-electron chi connectivity index (χ1n) is 7.69. The normalized spacial score (nSPS) is 30.9. The van der Waals surface area contributed by atoms with Crippen LogP contribution in [0.25, 0.3) is 0 Å². The molecule has 2 atom stereocenters. The molecular weight excluding hydrogens is 266 g/mol. The number of rotatable bonds is 4. The topological polar surface area (TPSA) is 69.2 Å². The van der Waals surface area contributed by atoms with Crippen molar-refractivity contribution in [3.63, 3.8) is 0 Å². The minimum atomic E-state index is -1.05. The lowest BCUT2D eigenvalue weighted by Gasteiger charge is -2.48. The van der Waals surface area contributed by atoms with Crippen LogP contribution < -0.4 is 10.4 Å². The van der Waals surface area contributed by atoms with Crippen LogP contribution in [0.3, 0.4) is 0 Å². The quantitative estimate of drug-likeness (QED) is 0.901. The Balaban J connectivity index is 1.69. The molecule has 1 aromatic carbocycles. The summed E-state index contributed by atoms with van der Waals surface area (Å²) in [7, 11) is 0. The van der Waals surface area contributed by atoms with Gasteiger partial charge in [0.2, 0.25) is 5.91 Å². The van der Waals surface area contributed by atoms with E-state index < -0.39 is 17.8 Å². The van der Waals surface area contributed by atoms with E-state index in [0.29, 0.717) is 6.54 Å². The van der Waals surface area contributed by atoms with Gasteiger partial charge in [-0.3, -0.25) is 4.79 Å². The molecule has 0 spiro atoms. The Kier molecular flexibility index (Phi) is 3.95. The van der Waals surface area contributed by atoms with Gasteiger partial charge in [-0.15, -0.1) is 0 Å². The highest BCUT2D eigenvalue weighted by Gasteiger charge is 2.47. The number of carbonyl (C=O) groups is 2. The molecule has 0 aromatic heterocycles. The standard InChI is InChI=1S/C17H21NO3/c19-16(18-10-11-4-2-1-3-5-11)14-12-6-8-13(9-7-12)15(14)17(20)21/h1-5,12-15H,6-10H2,(H,18,19)(H,20,21)/p-1/t12?,13?,14-,15-/m1/s1. The van der Waals surface area contributed by atoms with Crippen molar-refractivity contribution in [2.24, 2.45) is 23.7 Å². The van der Waals surface area contributed by atoms with E-state index in [2.05, 4.69) is 5.32 Å². The van der Waals surface area contributed by atoms with Gasteiger partial charge in [-0.25, -0.2) is 0 Å². The van der Waals surface area contributed by atoms with Crippen molar-refractivity contribution >= 4 is 11.9 Å². The second kappa shape index (κ2) is 5.88. The van der Waals surface area contributed by atoms with Crippen LogP contribution in [0.1, 0.15) is 31.2 Å². The molecule has 0 saturated heterocycles. The van der Waals surface area contributed by atoms with E-state index in [4.69, 9.17) is 0 Å². The zero-order valence-corrected chi connectivity index (χ0v) is 12.0. The first-order chi connectivity index (χ1) is 10.2. The Morgan fingerprint density at radius 2 is 1.57 bits per heavy atom. The third-order valence-corrected chi connectivity index (χ3v) is 5.10. The summed E-state index contributed by atoms with van der Waals surface area (Å²) in [4.78, 5) is 23.9. The number of benzene rings is 1. The predicted molar refractivity (Wildman–Crippen MR) is 75.7 cm³/mol. The van der Waals surface area contributed by atoms with Crippen molar-refractivity contribution in [3.05, 3.63) is 35.9 Å². The van der Waals surface area contributed by atoms with E-state index in [1.165, 1.54) is 0 Å². The summed E-state index contributed by atoms with van der Waals surface area (Å²) in [5.41, 5.74) is 1.02. The first-order valence-corrected chi connectivity index (χ1v) is 7.69. The molecule has 0 radical (unpaired) electrons. The fourth-order valence-electron chi connectivity index (χ4n) is 4.07. The number of aliphatic carboxylic acids is 1. The highest BCUT2D eigenvalue weighted by atomic mass is 16.4. The zero-order chi connectivity index (χ0) is 14.8. The summed E-state index contributed by atoms with van der Waals surface area (Å²) in [6, 6.07) is 9.67. The van der Waals surface area contributed by atoms with Crippen LogP contribution >= 0.6 is 0 Å². The van der Waals surface area contributed by atoms with Gasteiger partial charge in [-0.2, -0.15) is 0 Å². The van der Waals surface area contributed by atoms with Gasteiger partial charge >= 0.3 is 0 Å². The van der Waals surface area contributed by atoms with Gasteiger partial charge in [0.25, 0.3) is 0 Å². The van der Waals surface area contributed by atoms with Crippen LogP contribution in [-0.4, -0.2) is 11.9 Å². The molecule has 4 heteroatoms. The number of amides is 1. The molecule has 1 amide bonds. The summed E-state index contributed by atoms with van der Waals surface area (Å²) in [6.45, 7) is 0.452. The molecule has 112 valence electrons. The van der Waals surface area contributed by atoms with E-state index in [9.17, 15) is 14.7 Å². The fourth-order valence-corrected chi connectivity index (χ4v) is 4.07. The first kappa shape index (κ1) is 14.1. The number of hydrogen-bond acceptors (Lipinski definition) is 3. The van der Waals surface area contributed by atoms with Gasteiger partial charge in [-0.05, 0) is 43.1 Å². The average Bonchev–Trinajstić information content (AvgIpc) is 2.53. The third-order valence-electron chi connectivity index (χ3n) is 5.10. The number of nitrogens with one attached hydrogen (secondary N) is 1.